The maximum absolute atomic E-state index is 12.8. The van der Waals surface area contributed by atoms with Gasteiger partial charge in [-0.1, -0.05) is 35.5 Å². The number of aryl methyl sites for hydroxylation is 1. The van der Waals surface area contributed by atoms with E-state index in [1.54, 1.807) is 56.3 Å². The van der Waals surface area contributed by atoms with E-state index in [1.165, 1.54) is 4.57 Å². The Bertz CT molecular complexity index is 1230. The molecule has 1 N–H and O–H groups in total. The summed E-state index contributed by atoms with van der Waals surface area (Å²) in [5.41, 5.74) is 1.03. The highest BCUT2D eigenvalue weighted by molar-refractivity contribution is 5.94. The van der Waals surface area contributed by atoms with E-state index in [2.05, 4.69) is 20.4 Å². The summed E-state index contributed by atoms with van der Waals surface area (Å²) < 4.78 is 6.80. The van der Waals surface area contributed by atoms with Gasteiger partial charge in [-0.3, -0.25) is 14.2 Å². The maximum atomic E-state index is 12.8. The van der Waals surface area contributed by atoms with Crippen LogP contribution in [0.2, 0.25) is 0 Å². The second-order valence-electron chi connectivity index (χ2n) is 6.68. The highest BCUT2D eigenvalue weighted by Gasteiger charge is 2.18. The van der Waals surface area contributed by atoms with Gasteiger partial charge in [0.25, 0.3) is 11.5 Å². The van der Waals surface area contributed by atoms with E-state index in [1.807, 2.05) is 12.1 Å². The molecule has 2 heterocycles. The number of fused-ring (bicyclic) bond motifs is 1. The number of hydrogen-bond donors (Lipinski definition) is 1. The van der Waals surface area contributed by atoms with Crippen LogP contribution in [0.25, 0.3) is 10.9 Å². The molecular formula is C21H19N5O3. The number of nitrogens with zero attached hydrogens (tertiary/aromatic N) is 4. The molecule has 2 aromatic carbocycles. The fourth-order valence-corrected chi connectivity index (χ4v) is 3.05. The van der Waals surface area contributed by atoms with Crippen LogP contribution in [0.5, 0.6) is 0 Å². The van der Waals surface area contributed by atoms with Crippen LogP contribution in [0.1, 0.15) is 40.9 Å². The summed E-state index contributed by atoms with van der Waals surface area (Å²) in [6.45, 7) is 3.65. The largest absolute Gasteiger partial charge is 0.341 e. The minimum absolute atomic E-state index is 0.130. The zero-order valence-electron chi connectivity index (χ0n) is 16.0. The Morgan fingerprint density at radius 2 is 1.83 bits per heavy atom. The molecule has 0 radical (unpaired) electrons. The monoisotopic (exact) mass is 389 g/mol. The molecule has 4 aromatic rings. The average Bonchev–Trinajstić information content (AvgIpc) is 3.20. The number of carbonyl (C=O) groups is 1. The van der Waals surface area contributed by atoms with Gasteiger partial charge >= 0.3 is 0 Å². The van der Waals surface area contributed by atoms with Crippen LogP contribution in [0.15, 0.2) is 63.9 Å². The van der Waals surface area contributed by atoms with E-state index in [9.17, 15) is 9.59 Å². The van der Waals surface area contributed by atoms with Crippen LogP contribution in [0.3, 0.4) is 0 Å². The average molecular weight is 389 g/mol. The van der Waals surface area contributed by atoms with Gasteiger partial charge in [0.05, 0.1) is 17.4 Å². The summed E-state index contributed by atoms with van der Waals surface area (Å²) in [5, 5.41) is 7.30. The lowest BCUT2D eigenvalue weighted by Crippen LogP contribution is -2.27. The molecule has 0 aliphatic carbocycles. The molecule has 2 aromatic heterocycles. The fraction of sp³-hybridized carbons (Fsp3) is 0.190. The Hall–Kier alpha value is -3.81. The fourth-order valence-electron chi connectivity index (χ4n) is 3.05. The molecule has 0 saturated heterocycles. The third kappa shape index (κ3) is 3.77. The van der Waals surface area contributed by atoms with Crippen molar-refractivity contribution >= 4 is 16.8 Å². The lowest BCUT2D eigenvalue weighted by molar-refractivity contribution is 0.0932. The SMILES string of the molecule is Cc1nc2ccccc2c(=O)n1Cc1noc([C@@H](C)NC(=O)c2ccccc2)n1. The molecule has 29 heavy (non-hydrogen) atoms. The molecule has 0 spiro atoms. The first-order valence-corrected chi connectivity index (χ1v) is 9.17. The van der Waals surface area contributed by atoms with Gasteiger partial charge in [0.2, 0.25) is 5.89 Å². The Labute approximate surface area is 166 Å². The highest BCUT2D eigenvalue weighted by atomic mass is 16.5. The Kier molecular flexibility index (Phi) is 4.90. The van der Waals surface area contributed by atoms with Crippen LogP contribution < -0.4 is 10.9 Å². The molecule has 8 heteroatoms. The van der Waals surface area contributed by atoms with Crippen LogP contribution >= 0.6 is 0 Å². The first-order chi connectivity index (χ1) is 14.0. The molecule has 0 saturated carbocycles. The van der Waals surface area contributed by atoms with Gasteiger partial charge in [-0.05, 0) is 38.1 Å². The van der Waals surface area contributed by atoms with Gasteiger partial charge in [0.15, 0.2) is 5.82 Å². The highest BCUT2D eigenvalue weighted by Crippen LogP contribution is 2.13. The van der Waals surface area contributed by atoms with Crippen molar-refractivity contribution < 1.29 is 9.32 Å². The van der Waals surface area contributed by atoms with Crippen LogP contribution in [0, 0.1) is 6.92 Å². The molecule has 146 valence electrons. The van der Waals surface area contributed by atoms with Crippen LogP contribution in [0.4, 0.5) is 0 Å². The van der Waals surface area contributed by atoms with Crippen molar-refractivity contribution in [1.82, 2.24) is 25.0 Å². The van der Waals surface area contributed by atoms with Crippen molar-refractivity contribution in [3.63, 3.8) is 0 Å². The van der Waals surface area contributed by atoms with E-state index in [0.717, 1.165) is 0 Å². The lowest BCUT2D eigenvalue weighted by atomic mass is 10.2. The van der Waals surface area contributed by atoms with Crippen LogP contribution in [-0.2, 0) is 6.54 Å². The number of amides is 1. The number of hydrogen-bond acceptors (Lipinski definition) is 6. The second-order valence-corrected chi connectivity index (χ2v) is 6.68. The smallest absolute Gasteiger partial charge is 0.261 e. The minimum atomic E-state index is -0.475. The number of nitrogens with one attached hydrogen (secondary N) is 1. The molecule has 0 aliphatic heterocycles. The summed E-state index contributed by atoms with van der Waals surface area (Å²) >= 11 is 0. The third-order valence-corrected chi connectivity index (χ3v) is 4.59. The van der Waals surface area contributed by atoms with E-state index in [-0.39, 0.29) is 23.9 Å². The number of carbonyl (C=O) groups excluding carboxylic acids is 1. The van der Waals surface area contributed by atoms with Gasteiger partial charge in [0.1, 0.15) is 11.9 Å². The van der Waals surface area contributed by atoms with Crippen molar-refractivity contribution in [1.29, 1.82) is 0 Å². The molecule has 4 rings (SSSR count). The van der Waals surface area contributed by atoms with Gasteiger partial charge in [-0.25, -0.2) is 4.98 Å². The van der Waals surface area contributed by atoms with Crippen molar-refractivity contribution in [3.05, 3.63) is 88.1 Å². The van der Waals surface area contributed by atoms with Gasteiger partial charge in [-0.15, -0.1) is 0 Å². The van der Waals surface area contributed by atoms with E-state index >= 15 is 0 Å². The van der Waals surface area contributed by atoms with Gasteiger partial charge in [-0.2, -0.15) is 4.98 Å². The molecule has 1 atom stereocenters. The van der Waals surface area contributed by atoms with Gasteiger partial charge < -0.3 is 9.84 Å². The minimum Gasteiger partial charge on any atom is -0.341 e. The Balaban J connectivity index is 1.53. The normalized spacial score (nSPS) is 12.1. The summed E-state index contributed by atoms with van der Waals surface area (Å²) in [4.78, 5) is 33.9. The summed E-state index contributed by atoms with van der Waals surface area (Å²) in [7, 11) is 0. The van der Waals surface area contributed by atoms with Crippen LogP contribution in [-0.4, -0.2) is 25.6 Å². The summed E-state index contributed by atoms with van der Waals surface area (Å²) in [5.74, 6) is 0.931. The molecule has 0 bridgehead atoms. The number of para-hydroxylation sites is 1. The summed E-state index contributed by atoms with van der Waals surface area (Å²) in [6.07, 6.45) is 0. The van der Waals surface area contributed by atoms with Crippen molar-refractivity contribution in [2.24, 2.45) is 0 Å². The van der Waals surface area contributed by atoms with E-state index in [0.29, 0.717) is 28.1 Å². The molecule has 0 fully saturated rings. The topological polar surface area (TPSA) is 103 Å². The summed E-state index contributed by atoms with van der Waals surface area (Å²) in [6, 6.07) is 15.6. The predicted octanol–water partition coefficient (Wildman–Crippen LogP) is 2.63. The standard InChI is InChI=1S/C21H19N5O3/c1-13(22-19(27)15-8-4-3-5-9-15)20-24-18(25-29-20)12-26-14(2)23-17-11-7-6-10-16(17)21(26)28/h3-11,13H,12H2,1-2H3,(H,22,27)/t13-/m1/s1. The van der Waals surface area contributed by atoms with E-state index < -0.39 is 6.04 Å². The lowest BCUT2D eigenvalue weighted by Gasteiger charge is -2.09. The van der Waals surface area contributed by atoms with Crippen molar-refractivity contribution in [2.45, 2.75) is 26.4 Å². The molecule has 0 unspecified atom stereocenters. The predicted molar refractivity (Wildman–Crippen MR) is 106 cm³/mol. The molecular weight excluding hydrogens is 370 g/mol. The zero-order chi connectivity index (χ0) is 20.4. The van der Waals surface area contributed by atoms with Gasteiger partial charge in [0, 0.05) is 5.56 Å². The number of rotatable bonds is 5. The number of benzene rings is 2. The zero-order valence-corrected chi connectivity index (χ0v) is 16.0. The third-order valence-electron chi connectivity index (χ3n) is 4.59. The first kappa shape index (κ1) is 18.5. The molecule has 0 aliphatic rings. The molecule has 8 nitrogen and oxygen atoms in total. The number of aromatic nitrogens is 4. The van der Waals surface area contributed by atoms with Crippen molar-refractivity contribution in [3.8, 4) is 0 Å². The van der Waals surface area contributed by atoms with Crippen molar-refractivity contribution in [2.75, 3.05) is 0 Å². The Morgan fingerprint density at radius 3 is 2.62 bits per heavy atom. The maximum Gasteiger partial charge on any atom is 0.261 e. The second kappa shape index (κ2) is 7.67. The van der Waals surface area contributed by atoms with E-state index in [4.69, 9.17) is 4.52 Å². The first-order valence-electron chi connectivity index (χ1n) is 9.17. The molecule has 1 amide bonds. The quantitative estimate of drug-likeness (QED) is 0.563. The Morgan fingerprint density at radius 1 is 1.10 bits per heavy atom.